The number of carbonyl (C=O) groups excluding carboxylic acids is 2. The molecule has 2 aliphatic rings. The lowest BCUT2D eigenvalue weighted by Crippen LogP contribution is -2.42. The highest BCUT2D eigenvalue weighted by atomic mass is 16.5. The first-order valence-electron chi connectivity index (χ1n) is 6.13. The SMILES string of the molecule is COC(=O)C1CC(=O)N(C(CC2CC2)C(=O)O)C1. The van der Waals surface area contributed by atoms with Crippen LogP contribution in [-0.2, 0) is 19.1 Å². The summed E-state index contributed by atoms with van der Waals surface area (Å²) in [5.41, 5.74) is 0. The highest BCUT2D eigenvalue weighted by molar-refractivity contribution is 5.90. The van der Waals surface area contributed by atoms with E-state index in [1.54, 1.807) is 0 Å². The molecular formula is C12H17NO5. The van der Waals surface area contributed by atoms with Gasteiger partial charge in [0.1, 0.15) is 6.04 Å². The number of nitrogens with zero attached hydrogens (tertiary/aromatic N) is 1. The average Bonchev–Trinajstić information content (AvgIpc) is 3.07. The molecule has 0 spiro atoms. The molecule has 1 saturated heterocycles. The first-order chi connectivity index (χ1) is 8.52. The minimum absolute atomic E-state index is 0.0567. The molecule has 0 radical (unpaired) electrons. The van der Waals surface area contributed by atoms with E-state index in [0.29, 0.717) is 12.3 Å². The fraction of sp³-hybridized carbons (Fsp3) is 0.750. The number of methoxy groups -OCH3 is 1. The van der Waals surface area contributed by atoms with E-state index in [4.69, 9.17) is 0 Å². The van der Waals surface area contributed by atoms with Crippen LogP contribution >= 0.6 is 0 Å². The van der Waals surface area contributed by atoms with Gasteiger partial charge in [-0.05, 0) is 12.3 Å². The Morgan fingerprint density at radius 1 is 1.50 bits per heavy atom. The Morgan fingerprint density at radius 3 is 2.67 bits per heavy atom. The number of hydrogen-bond acceptors (Lipinski definition) is 4. The molecule has 0 bridgehead atoms. The number of hydrogen-bond donors (Lipinski definition) is 1. The summed E-state index contributed by atoms with van der Waals surface area (Å²) >= 11 is 0. The quantitative estimate of drug-likeness (QED) is 0.712. The van der Waals surface area contributed by atoms with Crippen LogP contribution in [0.15, 0.2) is 0 Å². The Hall–Kier alpha value is -1.59. The van der Waals surface area contributed by atoms with E-state index < -0.39 is 23.9 Å². The van der Waals surface area contributed by atoms with Gasteiger partial charge in [-0.15, -0.1) is 0 Å². The van der Waals surface area contributed by atoms with Gasteiger partial charge in [0.2, 0.25) is 5.91 Å². The van der Waals surface area contributed by atoms with Crippen LogP contribution in [0.1, 0.15) is 25.7 Å². The van der Waals surface area contributed by atoms with Crippen LogP contribution in [0, 0.1) is 11.8 Å². The maximum absolute atomic E-state index is 11.8. The molecule has 2 atom stereocenters. The maximum atomic E-state index is 11.8. The zero-order valence-electron chi connectivity index (χ0n) is 10.3. The molecule has 0 aromatic heterocycles. The van der Waals surface area contributed by atoms with E-state index in [1.807, 2.05) is 0 Å². The Kier molecular flexibility index (Phi) is 3.54. The largest absolute Gasteiger partial charge is 0.480 e. The lowest BCUT2D eigenvalue weighted by Gasteiger charge is -2.24. The number of esters is 1. The monoisotopic (exact) mass is 255 g/mol. The minimum Gasteiger partial charge on any atom is -0.480 e. The summed E-state index contributed by atoms with van der Waals surface area (Å²) in [7, 11) is 1.27. The van der Waals surface area contributed by atoms with E-state index in [9.17, 15) is 19.5 Å². The van der Waals surface area contributed by atoms with E-state index in [1.165, 1.54) is 12.0 Å². The minimum atomic E-state index is -0.985. The van der Waals surface area contributed by atoms with Crippen LogP contribution in [0.4, 0.5) is 0 Å². The van der Waals surface area contributed by atoms with Crippen LogP contribution in [0.5, 0.6) is 0 Å². The number of ether oxygens (including phenoxy) is 1. The number of carboxylic acids is 1. The van der Waals surface area contributed by atoms with Crippen molar-refractivity contribution < 1.29 is 24.2 Å². The van der Waals surface area contributed by atoms with Gasteiger partial charge in [-0.1, -0.05) is 12.8 Å². The molecule has 1 aliphatic heterocycles. The van der Waals surface area contributed by atoms with Crippen molar-refractivity contribution in [3.63, 3.8) is 0 Å². The number of likely N-dealkylation sites (tertiary alicyclic amines) is 1. The Bertz CT molecular complexity index is 377. The van der Waals surface area contributed by atoms with Gasteiger partial charge >= 0.3 is 11.9 Å². The molecule has 18 heavy (non-hydrogen) atoms. The molecule has 1 amide bonds. The van der Waals surface area contributed by atoms with Gasteiger partial charge in [-0.2, -0.15) is 0 Å². The van der Waals surface area contributed by atoms with Gasteiger partial charge in [-0.3, -0.25) is 9.59 Å². The van der Waals surface area contributed by atoms with E-state index in [-0.39, 0.29) is 18.9 Å². The molecule has 2 fully saturated rings. The van der Waals surface area contributed by atoms with Crippen molar-refractivity contribution in [2.24, 2.45) is 11.8 Å². The maximum Gasteiger partial charge on any atom is 0.326 e. The van der Waals surface area contributed by atoms with Crippen LogP contribution in [0.2, 0.25) is 0 Å². The van der Waals surface area contributed by atoms with Crippen LogP contribution < -0.4 is 0 Å². The lowest BCUT2D eigenvalue weighted by atomic mass is 10.1. The summed E-state index contributed by atoms with van der Waals surface area (Å²) in [6.45, 7) is 0.162. The summed E-state index contributed by atoms with van der Waals surface area (Å²) in [5.74, 6) is -1.81. The molecule has 100 valence electrons. The molecule has 2 rings (SSSR count). The van der Waals surface area contributed by atoms with Crippen LogP contribution in [0.3, 0.4) is 0 Å². The number of carbonyl (C=O) groups is 3. The van der Waals surface area contributed by atoms with Gasteiger partial charge in [-0.25, -0.2) is 4.79 Å². The fourth-order valence-corrected chi connectivity index (χ4v) is 2.39. The zero-order chi connectivity index (χ0) is 13.3. The molecular weight excluding hydrogens is 238 g/mol. The molecule has 0 aromatic rings. The molecule has 1 N–H and O–H groups in total. The first kappa shape index (κ1) is 12.9. The summed E-state index contributed by atoms with van der Waals surface area (Å²) < 4.78 is 4.60. The second-order valence-corrected chi connectivity index (χ2v) is 5.00. The predicted molar refractivity (Wildman–Crippen MR) is 60.6 cm³/mol. The van der Waals surface area contributed by atoms with Crippen molar-refractivity contribution in [2.75, 3.05) is 13.7 Å². The molecule has 1 aliphatic carbocycles. The topological polar surface area (TPSA) is 83.9 Å². The fourth-order valence-electron chi connectivity index (χ4n) is 2.39. The van der Waals surface area contributed by atoms with Crippen molar-refractivity contribution in [3.8, 4) is 0 Å². The molecule has 1 heterocycles. The lowest BCUT2D eigenvalue weighted by molar-refractivity contribution is -0.149. The molecule has 2 unspecified atom stereocenters. The highest BCUT2D eigenvalue weighted by Gasteiger charge is 2.42. The number of aliphatic carboxylic acids is 1. The molecule has 6 heteroatoms. The zero-order valence-corrected chi connectivity index (χ0v) is 10.3. The summed E-state index contributed by atoms with van der Waals surface area (Å²) in [6, 6.07) is -0.792. The second kappa shape index (κ2) is 4.96. The van der Waals surface area contributed by atoms with Crippen molar-refractivity contribution in [1.29, 1.82) is 0 Å². The molecule has 6 nitrogen and oxygen atoms in total. The first-order valence-corrected chi connectivity index (χ1v) is 6.13. The van der Waals surface area contributed by atoms with Gasteiger partial charge in [0.15, 0.2) is 0 Å². The Balaban J connectivity index is 2.03. The second-order valence-electron chi connectivity index (χ2n) is 5.00. The number of rotatable bonds is 5. The summed E-state index contributed by atoms with van der Waals surface area (Å²) in [5, 5.41) is 9.20. The molecule has 0 aromatic carbocycles. The average molecular weight is 255 g/mol. The highest BCUT2D eigenvalue weighted by Crippen LogP contribution is 2.36. The van der Waals surface area contributed by atoms with Crippen LogP contribution in [-0.4, -0.2) is 47.5 Å². The van der Waals surface area contributed by atoms with Crippen molar-refractivity contribution in [1.82, 2.24) is 4.90 Å². The van der Waals surface area contributed by atoms with Crippen molar-refractivity contribution >= 4 is 17.8 Å². The van der Waals surface area contributed by atoms with E-state index in [2.05, 4.69) is 4.74 Å². The number of amides is 1. The van der Waals surface area contributed by atoms with E-state index in [0.717, 1.165) is 12.8 Å². The molecule has 1 saturated carbocycles. The standard InChI is InChI=1S/C12H17NO5/c1-18-12(17)8-5-10(14)13(6-8)9(11(15)16)4-7-2-3-7/h7-9H,2-6H2,1H3,(H,15,16). The summed E-state index contributed by atoms with van der Waals surface area (Å²) in [6.07, 6.45) is 2.62. The normalized spacial score (nSPS) is 25.1. The van der Waals surface area contributed by atoms with E-state index >= 15 is 0 Å². The Morgan fingerprint density at radius 2 is 2.17 bits per heavy atom. The third-order valence-corrected chi connectivity index (χ3v) is 3.61. The van der Waals surface area contributed by atoms with Gasteiger partial charge in [0.05, 0.1) is 13.0 Å². The van der Waals surface area contributed by atoms with Gasteiger partial charge in [0.25, 0.3) is 0 Å². The predicted octanol–water partition coefficient (Wildman–Crippen LogP) is 0.261. The smallest absolute Gasteiger partial charge is 0.326 e. The van der Waals surface area contributed by atoms with Gasteiger partial charge in [0, 0.05) is 13.0 Å². The van der Waals surface area contributed by atoms with Gasteiger partial charge < -0.3 is 14.7 Å². The third kappa shape index (κ3) is 2.63. The van der Waals surface area contributed by atoms with Crippen LogP contribution in [0.25, 0.3) is 0 Å². The van der Waals surface area contributed by atoms with Crippen molar-refractivity contribution in [3.05, 3.63) is 0 Å². The third-order valence-electron chi connectivity index (χ3n) is 3.61. The van der Waals surface area contributed by atoms with Crippen molar-refractivity contribution in [2.45, 2.75) is 31.7 Å². The summed E-state index contributed by atoms with van der Waals surface area (Å²) in [4.78, 5) is 35.7. The Labute approximate surface area is 105 Å². The number of carboxylic acid groups (broad SMARTS) is 1.